The Hall–Kier alpha value is 0.0969. The molecule has 1 N–H and O–H groups in total. The third-order valence-electron chi connectivity index (χ3n) is 3.98. The summed E-state index contributed by atoms with van der Waals surface area (Å²) in [6.45, 7) is 4.12. The van der Waals surface area contributed by atoms with Gasteiger partial charge < -0.3 is 14.6 Å². The Labute approximate surface area is 107 Å². The van der Waals surface area contributed by atoms with E-state index in [0.29, 0.717) is 6.10 Å². The number of epoxide rings is 1. The molecule has 2 aliphatic heterocycles. The van der Waals surface area contributed by atoms with Crippen LogP contribution in [0.1, 0.15) is 45.4 Å². The minimum absolute atomic E-state index is 0.142. The van der Waals surface area contributed by atoms with Gasteiger partial charge in [-0.3, -0.25) is 0 Å². The lowest BCUT2D eigenvalue weighted by Gasteiger charge is -2.33. The van der Waals surface area contributed by atoms with E-state index in [1.807, 2.05) is 0 Å². The molecule has 0 saturated carbocycles. The molecule has 0 aromatic rings. The summed E-state index contributed by atoms with van der Waals surface area (Å²) in [7, 11) is -0.150. The van der Waals surface area contributed by atoms with Gasteiger partial charge in [0.2, 0.25) is 0 Å². The van der Waals surface area contributed by atoms with Crippen molar-refractivity contribution in [3.8, 4) is 0 Å². The smallest absolute Gasteiger partial charge is 0.0834 e. The molecule has 4 heteroatoms. The Kier molecular flexibility index (Phi) is 5.03. The number of ether oxygens (including phenoxy) is 2. The number of rotatable bonds is 7. The zero-order valence-electron chi connectivity index (χ0n) is 11.0. The van der Waals surface area contributed by atoms with Gasteiger partial charge in [0.05, 0.1) is 28.3 Å². The standard InChI is InChI=1S/C13H26O3Si/c1-13(6-2-3-7-16-13)17-8-4-5-11(14)9-12-10-15-12/h11-12,14H,2-10,17H2,1H3. The van der Waals surface area contributed by atoms with Crippen LogP contribution >= 0.6 is 0 Å². The molecule has 2 heterocycles. The lowest BCUT2D eigenvalue weighted by molar-refractivity contribution is -0.00742. The third-order valence-corrected chi connectivity index (χ3v) is 6.45. The summed E-state index contributed by atoms with van der Waals surface area (Å²) in [5.74, 6) is 0. The van der Waals surface area contributed by atoms with Gasteiger partial charge in [-0.15, -0.1) is 0 Å². The van der Waals surface area contributed by atoms with E-state index >= 15 is 0 Å². The third kappa shape index (κ3) is 5.08. The Balaban J connectivity index is 1.52. The van der Waals surface area contributed by atoms with Gasteiger partial charge in [-0.1, -0.05) is 12.5 Å². The Morgan fingerprint density at radius 2 is 2.29 bits per heavy atom. The first-order valence-corrected chi connectivity index (χ1v) is 8.82. The number of aliphatic hydroxyl groups excluding tert-OH is 1. The fourth-order valence-electron chi connectivity index (χ4n) is 2.69. The minimum Gasteiger partial charge on any atom is -0.393 e. The first kappa shape index (κ1) is 13.5. The van der Waals surface area contributed by atoms with E-state index in [2.05, 4.69) is 6.92 Å². The highest BCUT2D eigenvalue weighted by atomic mass is 28.2. The molecule has 3 nitrogen and oxygen atoms in total. The van der Waals surface area contributed by atoms with Gasteiger partial charge >= 0.3 is 0 Å². The van der Waals surface area contributed by atoms with Gasteiger partial charge in [-0.2, -0.15) is 0 Å². The Morgan fingerprint density at radius 3 is 2.94 bits per heavy atom. The molecule has 2 aliphatic rings. The van der Waals surface area contributed by atoms with Crippen molar-refractivity contribution in [2.45, 2.75) is 68.9 Å². The summed E-state index contributed by atoms with van der Waals surface area (Å²) >= 11 is 0. The molecule has 0 bridgehead atoms. The SMILES string of the molecule is CC1([SiH2]CCCC(O)CC2CO2)CCCCO1. The molecule has 0 amide bonds. The summed E-state index contributed by atoms with van der Waals surface area (Å²) < 4.78 is 11.1. The van der Waals surface area contributed by atoms with Gasteiger partial charge in [0.25, 0.3) is 0 Å². The summed E-state index contributed by atoms with van der Waals surface area (Å²) in [5.41, 5.74) is 0. The van der Waals surface area contributed by atoms with Crippen LogP contribution in [0.5, 0.6) is 0 Å². The molecule has 0 aliphatic carbocycles. The highest BCUT2D eigenvalue weighted by Crippen LogP contribution is 2.25. The van der Waals surface area contributed by atoms with Crippen LogP contribution in [0.25, 0.3) is 0 Å². The second-order valence-corrected chi connectivity index (χ2v) is 8.55. The monoisotopic (exact) mass is 258 g/mol. The largest absolute Gasteiger partial charge is 0.393 e. The average molecular weight is 258 g/mol. The number of hydrogen-bond acceptors (Lipinski definition) is 3. The summed E-state index contributed by atoms with van der Waals surface area (Å²) in [6, 6.07) is 1.30. The minimum atomic E-state index is -0.150. The van der Waals surface area contributed by atoms with Gasteiger partial charge in [0, 0.05) is 18.3 Å². The molecule has 0 aromatic carbocycles. The predicted octanol–water partition coefficient (Wildman–Crippen LogP) is 1.42. The van der Waals surface area contributed by atoms with Gasteiger partial charge in [0.1, 0.15) is 0 Å². The van der Waals surface area contributed by atoms with Crippen molar-refractivity contribution >= 4 is 9.52 Å². The zero-order valence-corrected chi connectivity index (χ0v) is 12.4. The van der Waals surface area contributed by atoms with Crippen molar-refractivity contribution in [2.24, 2.45) is 0 Å². The fraction of sp³-hybridized carbons (Fsp3) is 1.00. The molecule has 0 aromatic heterocycles. The molecular formula is C13H26O3Si. The first-order valence-electron chi connectivity index (χ1n) is 7.12. The van der Waals surface area contributed by atoms with E-state index < -0.39 is 0 Å². The molecule has 2 fully saturated rings. The van der Waals surface area contributed by atoms with E-state index in [4.69, 9.17) is 9.47 Å². The molecule has 17 heavy (non-hydrogen) atoms. The molecule has 2 saturated heterocycles. The lowest BCUT2D eigenvalue weighted by Crippen LogP contribution is -2.39. The molecular weight excluding hydrogens is 232 g/mol. The maximum atomic E-state index is 9.76. The predicted molar refractivity (Wildman–Crippen MR) is 71.2 cm³/mol. The molecule has 0 spiro atoms. The van der Waals surface area contributed by atoms with Gasteiger partial charge in [0.15, 0.2) is 0 Å². The van der Waals surface area contributed by atoms with E-state index in [1.165, 1.54) is 31.7 Å². The number of aliphatic hydroxyl groups is 1. The Morgan fingerprint density at radius 1 is 1.47 bits per heavy atom. The highest BCUT2D eigenvalue weighted by Gasteiger charge is 2.28. The normalized spacial score (nSPS) is 35.3. The van der Waals surface area contributed by atoms with Crippen molar-refractivity contribution in [3.05, 3.63) is 0 Å². The van der Waals surface area contributed by atoms with Crippen LogP contribution in [0.4, 0.5) is 0 Å². The van der Waals surface area contributed by atoms with E-state index in [9.17, 15) is 5.11 Å². The van der Waals surface area contributed by atoms with Crippen molar-refractivity contribution in [3.63, 3.8) is 0 Å². The van der Waals surface area contributed by atoms with Crippen molar-refractivity contribution in [1.82, 2.24) is 0 Å². The maximum absolute atomic E-state index is 9.76. The quantitative estimate of drug-likeness (QED) is 0.427. The first-order chi connectivity index (χ1) is 8.18. The summed E-state index contributed by atoms with van der Waals surface area (Å²) in [5, 5.41) is 10.0. The highest BCUT2D eigenvalue weighted by molar-refractivity contribution is 6.39. The van der Waals surface area contributed by atoms with Gasteiger partial charge in [-0.25, -0.2) is 0 Å². The van der Waals surface area contributed by atoms with E-state index in [-0.39, 0.29) is 20.8 Å². The number of hydrogen-bond donors (Lipinski definition) is 1. The van der Waals surface area contributed by atoms with Crippen molar-refractivity contribution in [2.75, 3.05) is 13.2 Å². The van der Waals surface area contributed by atoms with Crippen LogP contribution in [0, 0.1) is 0 Å². The van der Waals surface area contributed by atoms with Crippen LogP contribution in [0.15, 0.2) is 0 Å². The van der Waals surface area contributed by atoms with Crippen molar-refractivity contribution in [1.29, 1.82) is 0 Å². The topological polar surface area (TPSA) is 42.0 Å². The van der Waals surface area contributed by atoms with Gasteiger partial charge in [-0.05, 0) is 32.6 Å². The summed E-state index contributed by atoms with van der Waals surface area (Å²) in [4.78, 5) is 0. The second kappa shape index (κ2) is 6.32. The van der Waals surface area contributed by atoms with Crippen LogP contribution in [0.2, 0.25) is 6.04 Å². The molecule has 3 atom stereocenters. The van der Waals surface area contributed by atoms with Crippen LogP contribution in [-0.4, -0.2) is 45.3 Å². The Bertz CT molecular complexity index is 225. The van der Waals surface area contributed by atoms with E-state index in [1.54, 1.807) is 0 Å². The zero-order chi connectivity index (χ0) is 12.1. The van der Waals surface area contributed by atoms with Crippen LogP contribution in [0.3, 0.4) is 0 Å². The molecule has 0 radical (unpaired) electrons. The molecule has 2 rings (SSSR count). The van der Waals surface area contributed by atoms with E-state index in [0.717, 1.165) is 26.1 Å². The molecule has 100 valence electrons. The second-order valence-electron chi connectivity index (χ2n) is 5.85. The molecule has 3 unspecified atom stereocenters. The maximum Gasteiger partial charge on any atom is 0.0834 e. The lowest BCUT2D eigenvalue weighted by atomic mass is 10.1. The summed E-state index contributed by atoms with van der Waals surface area (Å²) in [6.07, 6.45) is 7.02. The van der Waals surface area contributed by atoms with Crippen LogP contribution < -0.4 is 0 Å². The fourth-order valence-corrected chi connectivity index (χ4v) is 4.77. The van der Waals surface area contributed by atoms with Crippen molar-refractivity contribution < 1.29 is 14.6 Å². The van der Waals surface area contributed by atoms with Crippen LogP contribution in [-0.2, 0) is 9.47 Å². The average Bonchev–Trinajstić information content (AvgIpc) is 3.09.